The van der Waals surface area contributed by atoms with Crippen LogP contribution in [0.15, 0.2) is 90.1 Å². The summed E-state index contributed by atoms with van der Waals surface area (Å²) < 4.78 is 11.4. The third-order valence-corrected chi connectivity index (χ3v) is 14.5. The van der Waals surface area contributed by atoms with Gasteiger partial charge in [-0.15, -0.1) is 11.6 Å². The molecule has 57 heavy (non-hydrogen) atoms. The molecule has 11 nitrogen and oxygen atoms in total. The maximum absolute atomic E-state index is 14.7. The van der Waals surface area contributed by atoms with Crippen molar-refractivity contribution in [2.24, 2.45) is 10.8 Å². The van der Waals surface area contributed by atoms with Crippen molar-refractivity contribution in [2.75, 3.05) is 41.1 Å². The topological polar surface area (TPSA) is 142 Å². The van der Waals surface area contributed by atoms with Gasteiger partial charge in [-0.05, 0) is 70.5 Å². The van der Waals surface area contributed by atoms with E-state index in [0.29, 0.717) is 73.8 Å². The van der Waals surface area contributed by atoms with Gasteiger partial charge in [-0.2, -0.15) is 0 Å². The molecule has 5 aromatic rings. The number of benzene rings is 4. The highest BCUT2D eigenvalue weighted by atomic mass is 35.5. The first kappa shape index (κ1) is 39.7. The summed E-state index contributed by atoms with van der Waals surface area (Å²) in [4.78, 5) is 69.8. The van der Waals surface area contributed by atoms with Crippen molar-refractivity contribution in [3.63, 3.8) is 0 Å². The number of hydrogen-bond acceptors (Lipinski definition) is 10. The Hall–Kier alpha value is -4.10. The van der Waals surface area contributed by atoms with Crippen molar-refractivity contribution in [3.8, 4) is 11.5 Å². The number of hydrogen-bond donors (Lipinski definition) is 3. The van der Waals surface area contributed by atoms with Gasteiger partial charge in [0.2, 0.25) is 11.8 Å². The van der Waals surface area contributed by atoms with Crippen LogP contribution in [0.1, 0.15) is 50.2 Å². The van der Waals surface area contributed by atoms with Gasteiger partial charge >= 0.3 is 14.7 Å². The van der Waals surface area contributed by atoms with Gasteiger partial charge in [0.25, 0.3) is 0 Å². The standard InChI is InChI=1S/C42H42ClN4O7PS2/c1-3-42(24-41(2,25-42)38(48)47-23-26(22-43)37-31-13-7-6-12-30(31)35(21-33(37)47)54-55(51)52)39(49)46-18-15-28-27-10-4-5-11-29(27)34(20-32(28)46)53-40(50)45-17-19-56-57-36-14-8-9-16-44-36/h4-14,16,20-21,26,51-52H,3,15,17-19,22-25H2,1-2H3,(H,45,50). The molecule has 0 radical (unpaired) electrons. The number of aromatic nitrogens is 1. The zero-order valence-electron chi connectivity index (χ0n) is 31.4. The number of alkyl halides is 1. The zero-order chi connectivity index (χ0) is 39.9. The van der Waals surface area contributed by atoms with Crippen LogP contribution < -0.4 is 24.4 Å². The van der Waals surface area contributed by atoms with Crippen molar-refractivity contribution in [1.82, 2.24) is 10.3 Å². The zero-order valence-corrected chi connectivity index (χ0v) is 34.7. The van der Waals surface area contributed by atoms with Crippen molar-refractivity contribution < 1.29 is 33.4 Å². The Morgan fingerprint density at radius 1 is 0.930 bits per heavy atom. The first-order chi connectivity index (χ1) is 27.6. The highest BCUT2D eigenvalue weighted by Crippen LogP contribution is 2.60. The van der Waals surface area contributed by atoms with E-state index in [1.54, 1.807) is 38.8 Å². The third-order valence-electron chi connectivity index (χ3n) is 11.5. The number of nitrogens with one attached hydrogen (secondary N) is 1. The van der Waals surface area contributed by atoms with E-state index in [4.69, 9.17) is 20.9 Å². The number of fused-ring (bicyclic) bond motifs is 6. The number of pyridine rings is 1. The molecule has 1 saturated carbocycles. The summed E-state index contributed by atoms with van der Waals surface area (Å²) in [5.74, 6) is 1.33. The van der Waals surface area contributed by atoms with E-state index in [1.807, 2.05) is 91.5 Å². The average Bonchev–Trinajstić information content (AvgIpc) is 3.81. The maximum atomic E-state index is 14.7. The summed E-state index contributed by atoms with van der Waals surface area (Å²) in [5, 5.41) is 7.02. The number of ether oxygens (including phenoxy) is 1. The highest BCUT2D eigenvalue weighted by Gasteiger charge is 2.61. The minimum absolute atomic E-state index is 0.0384. The maximum Gasteiger partial charge on any atom is 0.412 e. The molecule has 0 saturated heterocycles. The van der Waals surface area contributed by atoms with Crippen molar-refractivity contribution in [3.05, 3.63) is 96.2 Å². The quantitative estimate of drug-likeness (QED) is 0.0483. The molecule has 3 amide bonds. The van der Waals surface area contributed by atoms with Crippen LogP contribution in [0.4, 0.5) is 16.2 Å². The second kappa shape index (κ2) is 16.3. The molecule has 2 aliphatic heterocycles. The number of rotatable bonds is 12. The summed E-state index contributed by atoms with van der Waals surface area (Å²) >= 11 is 6.51. The smallest absolute Gasteiger partial charge is 0.412 e. The average molecular weight is 845 g/mol. The lowest BCUT2D eigenvalue weighted by atomic mass is 9.51. The Kier molecular flexibility index (Phi) is 11.3. The lowest BCUT2D eigenvalue weighted by molar-refractivity contribution is -0.153. The molecule has 0 bridgehead atoms. The molecule has 15 heteroatoms. The second-order valence-corrected chi connectivity index (χ2v) is 18.5. The molecule has 3 N–H and O–H groups in total. The molecule has 1 atom stereocenters. The molecule has 1 aliphatic carbocycles. The third kappa shape index (κ3) is 7.43. The van der Waals surface area contributed by atoms with Gasteiger partial charge in [0.05, 0.1) is 16.8 Å². The van der Waals surface area contributed by atoms with Gasteiger partial charge in [0.15, 0.2) is 0 Å². The Morgan fingerprint density at radius 3 is 2.30 bits per heavy atom. The Bertz CT molecular complexity index is 2360. The van der Waals surface area contributed by atoms with Crippen LogP contribution in [-0.4, -0.2) is 63.9 Å². The van der Waals surface area contributed by atoms with Crippen LogP contribution in [0, 0.1) is 10.8 Å². The number of carbonyl (C=O) groups excluding carboxylic acids is 3. The minimum Gasteiger partial charge on any atom is -0.426 e. The molecule has 1 aromatic heterocycles. The number of amides is 3. The Morgan fingerprint density at radius 2 is 1.61 bits per heavy atom. The van der Waals surface area contributed by atoms with Crippen molar-refractivity contribution in [2.45, 2.75) is 50.5 Å². The van der Waals surface area contributed by atoms with E-state index >= 15 is 0 Å². The first-order valence-corrected chi connectivity index (χ1v) is 22.9. The predicted octanol–water partition coefficient (Wildman–Crippen LogP) is 8.96. The minimum atomic E-state index is -2.69. The molecule has 0 spiro atoms. The number of nitrogens with zero attached hydrogens (tertiary/aromatic N) is 3. The summed E-state index contributed by atoms with van der Waals surface area (Å²) in [6, 6.07) is 24.6. The predicted molar refractivity (Wildman–Crippen MR) is 228 cm³/mol. The van der Waals surface area contributed by atoms with Crippen molar-refractivity contribution >= 4 is 92.6 Å². The second-order valence-electron chi connectivity index (χ2n) is 15.0. The lowest BCUT2D eigenvalue weighted by Crippen LogP contribution is -2.60. The Labute approximate surface area is 344 Å². The van der Waals surface area contributed by atoms with Gasteiger partial charge in [0.1, 0.15) is 16.5 Å². The van der Waals surface area contributed by atoms with Crippen LogP contribution in [0.5, 0.6) is 11.5 Å². The van der Waals surface area contributed by atoms with E-state index in [1.165, 1.54) is 0 Å². The molecule has 296 valence electrons. The fourth-order valence-corrected chi connectivity index (χ4v) is 11.4. The van der Waals surface area contributed by atoms with Crippen LogP contribution >= 0.6 is 41.8 Å². The van der Waals surface area contributed by atoms with Crippen LogP contribution in [0.3, 0.4) is 0 Å². The Balaban J connectivity index is 1.00. The summed E-state index contributed by atoms with van der Waals surface area (Å²) in [6.07, 6.45) is 3.11. The molecule has 8 rings (SSSR count). The van der Waals surface area contributed by atoms with Gasteiger partial charge < -0.3 is 34.2 Å². The SMILES string of the molecule is CCC1(C(=O)N2CCc3c2cc(OC(=O)NCCSSc2ccccn2)c2ccccc32)CC(C)(C(=O)N2CC(CCl)c3c2cc(OP(O)O)c2ccccc32)C1. The van der Waals surface area contributed by atoms with E-state index in [9.17, 15) is 24.2 Å². The molecule has 4 aromatic carbocycles. The summed E-state index contributed by atoms with van der Waals surface area (Å²) in [7, 11) is 0.440. The summed E-state index contributed by atoms with van der Waals surface area (Å²) in [5.41, 5.74) is 1.72. The van der Waals surface area contributed by atoms with Gasteiger partial charge in [-0.3, -0.25) is 9.59 Å². The van der Waals surface area contributed by atoms with E-state index in [-0.39, 0.29) is 23.5 Å². The normalized spacial score (nSPS) is 21.1. The van der Waals surface area contributed by atoms with Crippen LogP contribution in [0.2, 0.25) is 0 Å². The molecule has 1 fully saturated rings. The van der Waals surface area contributed by atoms with Crippen LogP contribution in [0.25, 0.3) is 21.5 Å². The molecule has 3 aliphatic rings. The first-order valence-electron chi connectivity index (χ1n) is 18.9. The molecular weight excluding hydrogens is 803 g/mol. The summed E-state index contributed by atoms with van der Waals surface area (Å²) in [6.45, 7) is 5.18. The fraction of sp³-hybridized carbons (Fsp3) is 0.333. The fourth-order valence-electron chi connectivity index (χ4n) is 9.01. The van der Waals surface area contributed by atoms with Gasteiger partial charge in [-0.1, -0.05) is 79.2 Å². The molecular formula is C42H42ClN4O7PS2. The van der Waals surface area contributed by atoms with Crippen molar-refractivity contribution in [1.29, 1.82) is 0 Å². The largest absolute Gasteiger partial charge is 0.426 e. The number of carbonyl (C=O) groups is 3. The monoisotopic (exact) mass is 844 g/mol. The molecule has 3 heterocycles. The van der Waals surface area contributed by atoms with E-state index < -0.39 is 25.5 Å². The van der Waals surface area contributed by atoms with Gasteiger partial charge in [0, 0.05) is 71.7 Å². The number of anilines is 2. The van der Waals surface area contributed by atoms with E-state index in [2.05, 4.69) is 10.3 Å². The molecule has 1 unspecified atom stereocenters. The van der Waals surface area contributed by atoms with E-state index in [0.717, 1.165) is 38.0 Å². The van der Waals surface area contributed by atoms with Crippen LogP contribution in [-0.2, 0) is 16.0 Å². The number of halogens is 1. The lowest BCUT2D eigenvalue weighted by Gasteiger charge is -2.54. The highest BCUT2D eigenvalue weighted by molar-refractivity contribution is 8.76. The van der Waals surface area contributed by atoms with Gasteiger partial charge in [-0.25, -0.2) is 9.78 Å².